The number of amides is 1. The molecule has 0 aliphatic heterocycles. The molecule has 3 aromatic carbocycles. The average molecular weight is 481 g/mol. The summed E-state index contributed by atoms with van der Waals surface area (Å²) in [7, 11) is -3.58. The lowest BCUT2D eigenvalue weighted by Gasteiger charge is -2.23. The van der Waals surface area contributed by atoms with E-state index in [4.69, 9.17) is 0 Å². The van der Waals surface area contributed by atoms with Crippen LogP contribution in [0.25, 0.3) is 0 Å². The van der Waals surface area contributed by atoms with Gasteiger partial charge in [0.15, 0.2) is 0 Å². The van der Waals surface area contributed by atoms with Crippen molar-refractivity contribution in [3.05, 3.63) is 100 Å². The van der Waals surface area contributed by atoms with Gasteiger partial charge in [0.05, 0.1) is 24.5 Å². The molecule has 1 aliphatic carbocycles. The van der Waals surface area contributed by atoms with Crippen molar-refractivity contribution >= 4 is 21.6 Å². The van der Waals surface area contributed by atoms with Gasteiger partial charge in [-0.15, -0.1) is 0 Å². The Morgan fingerprint density at radius 3 is 2.26 bits per heavy atom. The van der Waals surface area contributed by atoms with E-state index in [-0.39, 0.29) is 24.3 Å². The van der Waals surface area contributed by atoms with Gasteiger partial charge in [0, 0.05) is 5.56 Å². The highest BCUT2D eigenvalue weighted by Gasteiger charge is 2.19. The maximum atomic E-state index is 13.2. The molecule has 0 bridgehead atoms. The Hall–Kier alpha value is -3.19. The standard InChI is InChI=1S/C27H29FN2O3S/c1-19(23-10-9-21-5-3-4-6-24(21)17-23)29-27(31)22-11-15-26(16-12-22)30(34(2,32)33)18-20-7-13-25(28)14-8-20/h7-17,19H,3-6,18H2,1-2H3,(H,29,31). The molecule has 0 spiro atoms. The summed E-state index contributed by atoms with van der Waals surface area (Å²) in [6.07, 6.45) is 5.76. The quantitative estimate of drug-likeness (QED) is 0.508. The Morgan fingerprint density at radius 2 is 1.62 bits per heavy atom. The molecule has 4 rings (SSSR count). The second-order valence-electron chi connectivity index (χ2n) is 8.87. The third kappa shape index (κ3) is 5.65. The first-order valence-corrected chi connectivity index (χ1v) is 13.3. The predicted octanol–water partition coefficient (Wildman–Crippen LogP) is 5.16. The van der Waals surface area contributed by atoms with Crippen LogP contribution in [-0.4, -0.2) is 20.6 Å². The van der Waals surface area contributed by atoms with Crippen LogP contribution >= 0.6 is 0 Å². The summed E-state index contributed by atoms with van der Waals surface area (Å²) in [5.74, 6) is -0.601. The first-order chi connectivity index (χ1) is 16.2. The minimum Gasteiger partial charge on any atom is -0.346 e. The van der Waals surface area contributed by atoms with Gasteiger partial charge in [0.2, 0.25) is 10.0 Å². The highest BCUT2D eigenvalue weighted by Crippen LogP contribution is 2.25. The van der Waals surface area contributed by atoms with Gasteiger partial charge in [0.1, 0.15) is 5.82 Å². The van der Waals surface area contributed by atoms with Crippen molar-refractivity contribution < 1.29 is 17.6 Å². The van der Waals surface area contributed by atoms with Gasteiger partial charge in [-0.05, 0) is 91.3 Å². The lowest BCUT2D eigenvalue weighted by Crippen LogP contribution is -2.29. The van der Waals surface area contributed by atoms with Gasteiger partial charge >= 0.3 is 0 Å². The summed E-state index contributed by atoms with van der Waals surface area (Å²) in [6.45, 7) is 2.03. The number of fused-ring (bicyclic) bond motifs is 1. The second kappa shape index (κ2) is 9.97. The van der Waals surface area contributed by atoms with Crippen molar-refractivity contribution in [2.75, 3.05) is 10.6 Å². The summed E-state index contributed by atoms with van der Waals surface area (Å²) in [4.78, 5) is 12.8. The number of carbonyl (C=O) groups is 1. The molecular formula is C27H29FN2O3S. The molecule has 0 saturated heterocycles. The first-order valence-electron chi connectivity index (χ1n) is 11.5. The van der Waals surface area contributed by atoms with Crippen LogP contribution in [0.1, 0.15) is 58.4 Å². The van der Waals surface area contributed by atoms with Gasteiger partial charge < -0.3 is 5.32 Å². The fraction of sp³-hybridized carbons (Fsp3) is 0.296. The van der Waals surface area contributed by atoms with Crippen molar-refractivity contribution in [2.45, 2.75) is 45.2 Å². The number of hydrogen-bond acceptors (Lipinski definition) is 3. The Labute approximate surface area is 200 Å². The minimum absolute atomic E-state index is 0.0695. The smallest absolute Gasteiger partial charge is 0.251 e. The SMILES string of the molecule is CC(NC(=O)c1ccc(N(Cc2ccc(F)cc2)S(C)(=O)=O)cc1)c1ccc2c(c1)CCCC2. The van der Waals surface area contributed by atoms with E-state index in [0.29, 0.717) is 16.8 Å². The van der Waals surface area contributed by atoms with Crippen LogP contribution in [0.4, 0.5) is 10.1 Å². The maximum absolute atomic E-state index is 13.2. The second-order valence-corrected chi connectivity index (χ2v) is 10.8. The fourth-order valence-corrected chi connectivity index (χ4v) is 5.21. The van der Waals surface area contributed by atoms with Crippen molar-refractivity contribution in [2.24, 2.45) is 0 Å². The molecule has 1 aliphatic rings. The Bertz CT molecular complexity index is 1270. The average Bonchev–Trinajstić information content (AvgIpc) is 2.82. The molecule has 0 fully saturated rings. The number of aryl methyl sites for hydroxylation is 2. The molecule has 0 saturated carbocycles. The van der Waals surface area contributed by atoms with Crippen molar-refractivity contribution in [1.29, 1.82) is 0 Å². The maximum Gasteiger partial charge on any atom is 0.251 e. The number of nitrogens with one attached hydrogen (secondary N) is 1. The number of benzene rings is 3. The van der Waals surface area contributed by atoms with Crippen molar-refractivity contribution in [3.63, 3.8) is 0 Å². The molecule has 34 heavy (non-hydrogen) atoms. The number of rotatable bonds is 7. The van der Waals surface area contributed by atoms with Gasteiger partial charge in [-0.1, -0.05) is 30.3 Å². The number of carbonyl (C=O) groups excluding carboxylic acids is 1. The van der Waals surface area contributed by atoms with Gasteiger partial charge in [0.25, 0.3) is 5.91 Å². The highest BCUT2D eigenvalue weighted by molar-refractivity contribution is 7.92. The van der Waals surface area contributed by atoms with E-state index in [1.165, 1.54) is 40.4 Å². The van der Waals surface area contributed by atoms with Crippen LogP contribution in [0.2, 0.25) is 0 Å². The highest BCUT2D eigenvalue weighted by atomic mass is 32.2. The van der Waals surface area contributed by atoms with E-state index in [2.05, 4.69) is 23.5 Å². The van der Waals surface area contributed by atoms with Crippen LogP contribution < -0.4 is 9.62 Å². The van der Waals surface area contributed by atoms with E-state index >= 15 is 0 Å². The molecule has 178 valence electrons. The Kier molecular flexibility index (Phi) is 7.03. The van der Waals surface area contributed by atoms with Crippen molar-refractivity contribution in [1.82, 2.24) is 5.32 Å². The van der Waals surface area contributed by atoms with E-state index in [1.54, 1.807) is 36.4 Å². The molecule has 0 heterocycles. The fourth-order valence-electron chi connectivity index (χ4n) is 4.32. The van der Waals surface area contributed by atoms with E-state index in [0.717, 1.165) is 24.7 Å². The molecular weight excluding hydrogens is 451 g/mol. The summed E-state index contributed by atoms with van der Waals surface area (Å²) >= 11 is 0. The summed E-state index contributed by atoms with van der Waals surface area (Å²) < 4.78 is 39.2. The number of anilines is 1. The van der Waals surface area contributed by atoms with Crippen LogP contribution in [0.15, 0.2) is 66.7 Å². The minimum atomic E-state index is -3.58. The van der Waals surface area contributed by atoms with Gasteiger partial charge in [-0.25, -0.2) is 12.8 Å². The zero-order chi connectivity index (χ0) is 24.3. The summed E-state index contributed by atoms with van der Waals surface area (Å²) in [5.41, 5.74) is 5.40. The third-order valence-electron chi connectivity index (χ3n) is 6.28. The van der Waals surface area contributed by atoms with Crippen LogP contribution in [0.3, 0.4) is 0 Å². The number of hydrogen-bond donors (Lipinski definition) is 1. The molecule has 1 atom stereocenters. The normalized spacial score (nSPS) is 14.2. The lowest BCUT2D eigenvalue weighted by atomic mass is 9.89. The van der Waals surface area contributed by atoms with Crippen LogP contribution in [0, 0.1) is 5.82 Å². The lowest BCUT2D eigenvalue weighted by molar-refractivity contribution is 0.0940. The summed E-state index contributed by atoms with van der Waals surface area (Å²) in [5, 5.41) is 3.04. The number of nitrogens with zero attached hydrogens (tertiary/aromatic N) is 1. The third-order valence-corrected chi connectivity index (χ3v) is 7.42. The zero-order valence-electron chi connectivity index (χ0n) is 19.4. The number of halogens is 1. The first kappa shape index (κ1) is 24.0. The molecule has 1 unspecified atom stereocenters. The molecule has 1 amide bonds. The van der Waals surface area contributed by atoms with E-state index in [9.17, 15) is 17.6 Å². The molecule has 5 nitrogen and oxygen atoms in total. The van der Waals surface area contributed by atoms with Crippen LogP contribution in [-0.2, 0) is 29.4 Å². The van der Waals surface area contributed by atoms with Crippen LogP contribution in [0.5, 0.6) is 0 Å². The van der Waals surface area contributed by atoms with Gasteiger partial charge in [-0.3, -0.25) is 9.10 Å². The summed E-state index contributed by atoms with van der Waals surface area (Å²) in [6, 6.07) is 18.5. The molecule has 3 aromatic rings. The topological polar surface area (TPSA) is 66.5 Å². The zero-order valence-corrected chi connectivity index (χ0v) is 20.2. The van der Waals surface area contributed by atoms with Crippen molar-refractivity contribution in [3.8, 4) is 0 Å². The Morgan fingerprint density at radius 1 is 0.971 bits per heavy atom. The Balaban J connectivity index is 1.47. The van der Waals surface area contributed by atoms with E-state index in [1.807, 2.05) is 6.92 Å². The molecule has 0 radical (unpaired) electrons. The number of sulfonamides is 1. The predicted molar refractivity (Wildman–Crippen MR) is 133 cm³/mol. The monoisotopic (exact) mass is 480 g/mol. The molecule has 1 N–H and O–H groups in total. The van der Waals surface area contributed by atoms with E-state index < -0.39 is 10.0 Å². The molecule has 7 heteroatoms. The van der Waals surface area contributed by atoms with Gasteiger partial charge in [-0.2, -0.15) is 0 Å². The largest absolute Gasteiger partial charge is 0.346 e. The molecule has 0 aromatic heterocycles.